The van der Waals surface area contributed by atoms with Crippen LogP contribution in [0.5, 0.6) is 0 Å². The second-order valence-electron chi connectivity index (χ2n) is 3.81. The van der Waals surface area contributed by atoms with Gasteiger partial charge in [0.1, 0.15) is 0 Å². The Bertz CT molecular complexity index is 287. The first-order valence-electron chi connectivity index (χ1n) is 4.99. The van der Waals surface area contributed by atoms with Gasteiger partial charge in [0, 0.05) is 5.33 Å². The number of hydrogen-bond donors (Lipinski definition) is 0. The zero-order valence-corrected chi connectivity index (χ0v) is 10.4. The molecule has 0 nitrogen and oxygen atoms in total. The fraction of sp³-hybridized carbons (Fsp3) is 0.385. The van der Waals surface area contributed by atoms with Gasteiger partial charge in [0.15, 0.2) is 0 Å². The molecule has 1 aromatic carbocycles. The van der Waals surface area contributed by atoms with Crippen LogP contribution in [0.2, 0.25) is 0 Å². The van der Waals surface area contributed by atoms with E-state index in [1.54, 1.807) is 0 Å². The largest absolute Gasteiger partial charge is 0.0880 e. The molecule has 0 radical (unpaired) electrons. The maximum Gasteiger partial charge on any atom is 0.0239 e. The Morgan fingerprint density at radius 1 is 1.36 bits per heavy atom. The third-order valence-electron chi connectivity index (χ3n) is 2.18. The molecule has 0 saturated carbocycles. The van der Waals surface area contributed by atoms with Crippen LogP contribution in [0.4, 0.5) is 0 Å². The average Bonchev–Trinajstić information content (AvgIpc) is 2.19. The maximum absolute atomic E-state index is 3.46. The summed E-state index contributed by atoms with van der Waals surface area (Å²) in [6.07, 6.45) is 3.47. The van der Waals surface area contributed by atoms with E-state index >= 15 is 0 Å². The minimum atomic E-state index is 0.620. The maximum atomic E-state index is 3.46. The predicted molar refractivity (Wildman–Crippen MR) is 66.9 cm³/mol. The zero-order valence-electron chi connectivity index (χ0n) is 8.83. The van der Waals surface area contributed by atoms with Crippen molar-refractivity contribution in [3.8, 4) is 0 Å². The molecule has 0 saturated heterocycles. The topological polar surface area (TPSA) is 0 Å². The van der Waals surface area contributed by atoms with Crippen LogP contribution in [-0.2, 0) is 6.42 Å². The highest BCUT2D eigenvalue weighted by Crippen LogP contribution is 2.12. The first-order chi connectivity index (χ1) is 6.72. The summed E-state index contributed by atoms with van der Waals surface area (Å²) >= 11 is 3.46. The molecule has 1 rings (SSSR count). The number of rotatable bonds is 4. The number of alkyl halides is 1. The van der Waals surface area contributed by atoms with Crippen molar-refractivity contribution in [3.05, 3.63) is 47.5 Å². The van der Waals surface area contributed by atoms with Crippen LogP contribution in [0.25, 0.3) is 0 Å². The SMILES string of the molecule is C/C(=C\[C@H](C)Cc1ccccc1)CBr. The Morgan fingerprint density at radius 2 is 2.00 bits per heavy atom. The van der Waals surface area contributed by atoms with Gasteiger partial charge in [-0.3, -0.25) is 0 Å². The Labute approximate surface area is 95.2 Å². The highest BCUT2D eigenvalue weighted by Gasteiger charge is 2.00. The van der Waals surface area contributed by atoms with Crippen LogP contribution in [-0.4, -0.2) is 5.33 Å². The Balaban J connectivity index is 2.53. The second kappa shape index (κ2) is 6.02. The van der Waals surface area contributed by atoms with Gasteiger partial charge in [0.05, 0.1) is 0 Å². The fourth-order valence-corrected chi connectivity index (χ4v) is 1.76. The third kappa shape index (κ3) is 4.10. The fourth-order valence-electron chi connectivity index (χ4n) is 1.58. The van der Waals surface area contributed by atoms with Crippen LogP contribution < -0.4 is 0 Å². The number of hydrogen-bond acceptors (Lipinski definition) is 0. The normalized spacial score (nSPS) is 14.1. The first kappa shape index (κ1) is 11.5. The zero-order chi connectivity index (χ0) is 10.4. The van der Waals surface area contributed by atoms with Crippen LogP contribution in [0.1, 0.15) is 19.4 Å². The highest BCUT2D eigenvalue weighted by atomic mass is 79.9. The summed E-state index contributed by atoms with van der Waals surface area (Å²) in [7, 11) is 0. The molecule has 0 aliphatic carbocycles. The van der Waals surface area contributed by atoms with Gasteiger partial charge in [-0.1, -0.05) is 64.8 Å². The van der Waals surface area contributed by atoms with Crippen LogP contribution in [0, 0.1) is 5.92 Å². The lowest BCUT2D eigenvalue weighted by Crippen LogP contribution is -1.97. The van der Waals surface area contributed by atoms with E-state index in [-0.39, 0.29) is 0 Å². The van der Waals surface area contributed by atoms with Crippen LogP contribution in [0.3, 0.4) is 0 Å². The van der Waals surface area contributed by atoms with E-state index in [1.165, 1.54) is 11.1 Å². The molecule has 76 valence electrons. The summed E-state index contributed by atoms with van der Waals surface area (Å²) in [5, 5.41) is 0.978. The van der Waals surface area contributed by atoms with Gasteiger partial charge in [0.25, 0.3) is 0 Å². The van der Waals surface area contributed by atoms with Crippen LogP contribution in [0.15, 0.2) is 42.0 Å². The average molecular weight is 253 g/mol. The van der Waals surface area contributed by atoms with Gasteiger partial charge in [-0.05, 0) is 24.8 Å². The molecule has 0 bridgehead atoms. The molecule has 0 unspecified atom stereocenters. The number of allylic oxidation sites excluding steroid dienone is 2. The van der Waals surface area contributed by atoms with Gasteiger partial charge in [0.2, 0.25) is 0 Å². The van der Waals surface area contributed by atoms with Crippen LogP contribution >= 0.6 is 15.9 Å². The van der Waals surface area contributed by atoms with E-state index < -0.39 is 0 Å². The monoisotopic (exact) mass is 252 g/mol. The first-order valence-corrected chi connectivity index (χ1v) is 6.11. The molecule has 1 aromatic rings. The molecule has 0 spiro atoms. The summed E-state index contributed by atoms with van der Waals surface area (Å²) < 4.78 is 0. The van der Waals surface area contributed by atoms with E-state index in [1.807, 2.05) is 0 Å². The van der Waals surface area contributed by atoms with Crippen molar-refractivity contribution in [1.82, 2.24) is 0 Å². The molecule has 14 heavy (non-hydrogen) atoms. The Morgan fingerprint density at radius 3 is 2.57 bits per heavy atom. The number of halogens is 1. The van der Waals surface area contributed by atoms with E-state index in [9.17, 15) is 0 Å². The van der Waals surface area contributed by atoms with Gasteiger partial charge >= 0.3 is 0 Å². The van der Waals surface area contributed by atoms with E-state index in [0.29, 0.717) is 5.92 Å². The molecule has 0 amide bonds. The van der Waals surface area contributed by atoms with E-state index in [0.717, 1.165) is 11.8 Å². The van der Waals surface area contributed by atoms with Crippen molar-refractivity contribution >= 4 is 15.9 Å². The Kier molecular flexibility index (Phi) is 4.95. The standard InChI is InChI=1S/C13H17Br/c1-11(8-12(2)10-14)9-13-6-4-3-5-7-13/h3-8,11H,9-10H2,1-2H3/b12-8+/t11-/m0/s1. The van der Waals surface area contributed by atoms with Crippen molar-refractivity contribution < 1.29 is 0 Å². The van der Waals surface area contributed by atoms with Gasteiger partial charge in [-0.2, -0.15) is 0 Å². The van der Waals surface area contributed by atoms with Crippen molar-refractivity contribution in [3.63, 3.8) is 0 Å². The summed E-state index contributed by atoms with van der Waals surface area (Å²) in [5.74, 6) is 0.620. The molecule has 0 fully saturated rings. The van der Waals surface area contributed by atoms with Crippen molar-refractivity contribution in [2.45, 2.75) is 20.3 Å². The molecule has 1 heteroatoms. The molecule has 1 atom stereocenters. The van der Waals surface area contributed by atoms with Gasteiger partial charge in [-0.15, -0.1) is 0 Å². The predicted octanol–water partition coefficient (Wildman–Crippen LogP) is 4.21. The lowest BCUT2D eigenvalue weighted by Gasteiger charge is -2.07. The highest BCUT2D eigenvalue weighted by molar-refractivity contribution is 9.09. The lowest BCUT2D eigenvalue weighted by atomic mass is 9.99. The summed E-state index contributed by atoms with van der Waals surface area (Å²) in [4.78, 5) is 0. The molecule has 0 heterocycles. The lowest BCUT2D eigenvalue weighted by molar-refractivity contribution is 0.718. The van der Waals surface area contributed by atoms with Crippen molar-refractivity contribution in [2.75, 3.05) is 5.33 Å². The second-order valence-corrected chi connectivity index (χ2v) is 4.37. The van der Waals surface area contributed by atoms with Crippen molar-refractivity contribution in [1.29, 1.82) is 0 Å². The summed E-state index contributed by atoms with van der Waals surface area (Å²) in [5.41, 5.74) is 2.83. The quantitative estimate of drug-likeness (QED) is 0.557. The smallest absolute Gasteiger partial charge is 0.0239 e. The molecular weight excluding hydrogens is 236 g/mol. The summed E-state index contributed by atoms with van der Waals surface area (Å²) in [6, 6.07) is 10.6. The molecule has 0 aliphatic heterocycles. The molecule has 0 N–H and O–H groups in total. The minimum absolute atomic E-state index is 0.620. The molecular formula is C13H17Br. The van der Waals surface area contributed by atoms with Gasteiger partial charge in [-0.25, -0.2) is 0 Å². The number of benzene rings is 1. The van der Waals surface area contributed by atoms with Crippen molar-refractivity contribution in [2.24, 2.45) is 5.92 Å². The van der Waals surface area contributed by atoms with E-state index in [4.69, 9.17) is 0 Å². The molecule has 0 aromatic heterocycles. The third-order valence-corrected chi connectivity index (χ3v) is 3.06. The van der Waals surface area contributed by atoms with E-state index in [2.05, 4.69) is 66.2 Å². The van der Waals surface area contributed by atoms with Gasteiger partial charge < -0.3 is 0 Å². The molecule has 0 aliphatic rings. The summed E-state index contributed by atoms with van der Waals surface area (Å²) in [6.45, 7) is 4.43. The minimum Gasteiger partial charge on any atom is -0.0880 e. The Hall–Kier alpha value is -0.560.